The first-order valence-corrected chi connectivity index (χ1v) is 5.34. The van der Waals surface area contributed by atoms with Crippen LogP contribution in [0, 0.1) is 0 Å². The second-order valence-electron chi connectivity index (χ2n) is 3.03. The van der Waals surface area contributed by atoms with Crippen LogP contribution in [0.15, 0.2) is 24.3 Å². The van der Waals surface area contributed by atoms with Gasteiger partial charge in [-0.15, -0.1) is 0 Å². The molecule has 0 fully saturated rings. The van der Waals surface area contributed by atoms with E-state index in [0.717, 1.165) is 17.4 Å². The minimum atomic E-state index is -0.287. The monoisotopic (exact) mass is 270 g/mol. The zero-order valence-corrected chi connectivity index (χ0v) is 9.86. The highest BCUT2D eigenvalue weighted by molar-refractivity contribution is 9.09. The van der Waals surface area contributed by atoms with Crippen LogP contribution in [-0.2, 0) is 20.7 Å². The minimum absolute atomic E-state index is 0.255. The van der Waals surface area contributed by atoms with E-state index in [4.69, 9.17) is 0 Å². The summed E-state index contributed by atoms with van der Waals surface area (Å²) in [4.78, 5) is 21.2. The Balaban J connectivity index is 2.72. The molecule has 1 unspecified atom stereocenters. The molecule has 0 aliphatic carbocycles. The van der Waals surface area contributed by atoms with Crippen LogP contribution in [0.3, 0.4) is 0 Å². The lowest BCUT2D eigenvalue weighted by Crippen LogP contribution is -2.04. The lowest BCUT2D eigenvalue weighted by Gasteiger charge is -2.04. The van der Waals surface area contributed by atoms with Gasteiger partial charge in [0.25, 0.3) is 0 Å². The Morgan fingerprint density at radius 3 is 2.53 bits per heavy atom. The Kier molecular flexibility index (Phi) is 4.49. The van der Waals surface area contributed by atoms with Gasteiger partial charge in [0.2, 0.25) is 0 Å². The Labute approximate surface area is 96.6 Å². The number of hydrogen-bond acceptors (Lipinski definition) is 3. The van der Waals surface area contributed by atoms with Crippen LogP contribution < -0.4 is 0 Å². The van der Waals surface area contributed by atoms with Gasteiger partial charge in [0.1, 0.15) is 6.29 Å². The highest BCUT2D eigenvalue weighted by Crippen LogP contribution is 2.20. The smallest absolute Gasteiger partial charge is 0.309 e. The summed E-state index contributed by atoms with van der Waals surface area (Å²) in [6.45, 7) is 0. The summed E-state index contributed by atoms with van der Waals surface area (Å²) in [6.07, 6.45) is 1.07. The largest absolute Gasteiger partial charge is 0.469 e. The van der Waals surface area contributed by atoms with Gasteiger partial charge in [0, 0.05) is 0 Å². The summed E-state index contributed by atoms with van der Waals surface area (Å²) in [7, 11) is 1.36. The van der Waals surface area contributed by atoms with E-state index >= 15 is 0 Å². The van der Waals surface area contributed by atoms with Crippen molar-refractivity contribution in [3.63, 3.8) is 0 Å². The molecule has 4 heteroatoms. The number of carbonyl (C=O) groups excluding carboxylic acids is 2. The van der Waals surface area contributed by atoms with Crippen molar-refractivity contribution in [2.75, 3.05) is 7.11 Å². The molecule has 0 saturated heterocycles. The average Bonchev–Trinajstić information content (AvgIpc) is 2.29. The topological polar surface area (TPSA) is 43.4 Å². The number of methoxy groups -OCH3 is 1. The molecular weight excluding hydrogens is 260 g/mol. The van der Waals surface area contributed by atoms with Crippen molar-refractivity contribution >= 4 is 28.2 Å². The number of rotatable bonds is 4. The molecule has 3 nitrogen and oxygen atoms in total. The number of hydrogen-bond donors (Lipinski definition) is 0. The molecule has 0 aliphatic heterocycles. The molecule has 0 radical (unpaired) electrons. The van der Waals surface area contributed by atoms with E-state index in [0.29, 0.717) is 0 Å². The molecule has 15 heavy (non-hydrogen) atoms. The fraction of sp³-hybridized carbons (Fsp3) is 0.273. The first-order valence-electron chi connectivity index (χ1n) is 4.42. The van der Waals surface area contributed by atoms with E-state index in [1.807, 2.05) is 24.3 Å². The first kappa shape index (κ1) is 11.9. The van der Waals surface area contributed by atoms with E-state index in [-0.39, 0.29) is 17.2 Å². The van der Waals surface area contributed by atoms with Crippen molar-refractivity contribution in [3.8, 4) is 0 Å². The summed E-state index contributed by atoms with van der Waals surface area (Å²) in [5, 5.41) is 0. The van der Waals surface area contributed by atoms with Crippen molar-refractivity contribution in [3.05, 3.63) is 35.4 Å². The van der Waals surface area contributed by atoms with Gasteiger partial charge >= 0.3 is 5.97 Å². The fourth-order valence-electron chi connectivity index (χ4n) is 1.14. The van der Waals surface area contributed by atoms with Gasteiger partial charge in [0.05, 0.1) is 18.4 Å². The summed E-state index contributed by atoms with van der Waals surface area (Å²) in [5.74, 6) is -0.270. The number of halogens is 1. The number of alkyl halides is 1. The Morgan fingerprint density at radius 2 is 2.07 bits per heavy atom. The molecular formula is C11H11BrO3. The van der Waals surface area contributed by atoms with E-state index in [2.05, 4.69) is 20.7 Å². The Bertz CT molecular complexity index is 345. The van der Waals surface area contributed by atoms with E-state index in [1.165, 1.54) is 7.11 Å². The quantitative estimate of drug-likeness (QED) is 0.478. The number of esters is 1. The molecule has 0 aromatic heterocycles. The van der Waals surface area contributed by atoms with Crippen LogP contribution in [0.4, 0.5) is 0 Å². The summed E-state index contributed by atoms with van der Waals surface area (Å²) in [6, 6.07) is 7.24. The van der Waals surface area contributed by atoms with Crippen LogP contribution >= 0.6 is 15.9 Å². The number of ether oxygens (including phenoxy) is 1. The lowest BCUT2D eigenvalue weighted by atomic mass is 10.1. The molecule has 1 aromatic carbocycles. The van der Waals surface area contributed by atoms with Crippen LogP contribution in [0.2, 0.25) is 0 Å². The van der Waals surface area contributed by atoms with Gasteiger partial charge in [-0.05, 0) is 11.1 Å². The maximum absolute atomic E-state index is 11.0. The zero-order valence-electron chi connectivity index (χ0n) is 8.27. The summed E-state index contributed by atoms with van der Waals surface area (Å²) < 4.78 is 4.55. The molecule has 1 rings (SSSR count). The molecule has 1 aromatic rings. The van der Waals surface area contributed by atoms with E-state index < -0.39 is 0 Å². The maximum atomic E-state index is 11.0. The number of benzene rings is 1. The van der Waals surface area contributed by atoms with E-state index in [1.54, 1.807) is 0 Å². The highest BCUT2D eigenvalue weighted by atomic mass is 79.9. The Hall–Kier alpha value is -1.16. The predicted molar refractivity (Wildman–Crippen MR) is 59.9 cm³/mol. The SMILES string of the molecule is COC(=O)Cc1ccc(C(Br)C=O)cc1. The average molecular weight is 271 g/mol. The molecule has 0 spiro atoms. The molecule has 80 valence electrons. The number of carbonyl (C=O) groups is 2. The third-order valence-electron chi connectivity index (χ3n) is 1.99. The second kappa shape index (κ2) is 5.66. The van der Waals surface area contributed by atoms with Gasteiger partial charge in [-0.25, -0.2) is 0 Å². The van der Waals surface area contributed by atoms with Crippen molar-refractivity contribution in [2.45, 2.75) is 11.2 Å². The van der Waals surface area contributed by atoms with Crippen molar-refractivity contribution < 1.29 is 14.3 Å². The predicted octanol–water partition coefficient (Wildman–Crippen LogP) is 2.04. The molecule has 0 N–H and O–H groups in total. The van der Waals surface area contributed by atoms with Crippen molar-refractivity contribution in [1.29, 1.82) is 0 Å². The molecule has 0 bridgehead atoms. The normalized spacial score (nSPS) is 11.9. The third kappa shape index (κ3) is 3.47. The second-order valence-corrected chi connectivity index (χ2v) is 4.02. The number of aldehydes is 1. The highest BCUT2D eigenvalue weighted by Gasteiger charge is 2.06. The van der Waals surface area contributed by atoms with Gasteiger partial charge in [-0.1, -0.05) is 40.2 Å². The van der Waals surface area contributed by atoms with E-state index in [9.17, 15) is 9.59 Å². The molecule has 1 atom stereocenters. The van der Waals surface area contributed by atoms with Gasteiger partial charge in [-0.2, -0.15) is 0 Å². The third-order valence-corrected chi connectivity index (χ3v) is 2.74. The lowest BCUT2D eigenvalue weighted by molar-refractivity contribution is -0.139. The maximum Gasteiger partial charge on any atom is 0.309 e. The zero-order chi connectivity index (χ0) is 11.3. The van der Waals surface area contributed by atoms with Crippen LogP contribution in [-0.4, -0.2) is 19.4 Å². The van der Waals surface area contributed by atoms with Crippen molar-refractivity contribution in [1.82, 2.24) is 0 Å². The summed E-state index contributed by atoms with van der Waals surface area (Å²) >= 11 is 3.21. The van der Waals surface area contributed by atoms with Crippen molar-refractivity contribution in [2.24, 2.45) is 0 Å². The van der Waals surface area contributed by atoms with Gasteiger partial charge in [0.15, 0.2) is 0 Å². The standard InChI is InChI=1S/C11H11BrO3/c1-15-11(14)6-8-2-4-9(5-3-8)10(12)7-13/h2-5,7,10H,6H2,1H3. The van der Waals surface area contributed by atoms with Gasteiger partial charge < -0.3 is 9.53 Å². The fourth-order valence-corrected chi connectivity index (χ4v) is 1.44. The van der Waals surface area contributed by atoms with Crippen LogP contribution in [0.5, 0.6) is 0 Å². The van der Waals surface area contributed by atoms with Crippen LogP contribution in [0.25, 0.3) is 0 Å². The molecule has 0 saturated carbocycles. The summed E-state index contributed by atoms with van der Waals surface area (Å²) in [5.41, 5.74) is 1.75. The van der Waals surface area contributed by atoms with Gasteiger partial charge in [-0.3, -0.25) is 4.79 Å². The molecule has 0 amide bonds. The molecule has 0 heterocycles. The first-order chi connectivity index (χ1) is 7.17. The Morgan fingerprint density at radius 1 is 1.47 bits per heavy atom. The molecule has 0 aliphatic rings. The van der Waals surface area contributed by atoms with Crippen LogP contribution in [0.1, 0.15) is 16.0 Å². The minimum Gasteiger partial charge on any atom is -0.469 e.